The van der Waals surface area contributed by atoms with Crippen molar-refractivity contribution in [1.82, 2.24) is 20.0 Å². The van der Waals surface area contributed by atoms with Gasteiger partial charge in [0.2, 0.25) is 0 Å². The Morgan fingerprint density at radius 2 is 1.75 bits per heavy atom. The summed E-state index contributed by atoms with van der Waals surface area (Å²) in [5.74, 6) is -0.617. The number of nitrogens with zero attached hydrogens (tertiary/aromatic N) is 3. The Bertz CT molecular complexity index is 793. The van der Waals surface area contributed by atoms with Crippen molar-refractivity contribution in [3.05, 3.63) is 58.3 Å². The maximum absolute atomic E-state index is 13.1. The lowest BCUT2D eigenvalue weighted by atomic mass is 10.1. The predicted molar refractivity (Wildman–Crippen MR) is 87.8 cm³/mol. The fraction of sp³-hybridized carbons (Fsp3) is 0.353. The van der Waals surface area contributed by atoms with E-state index in [0.29, 0.717) is 18.8 Å². The second kappa shape index (κ2) is 6.52. The zero-order chi connectivity index (χ0) is 17.3. The third-order valence-electron chi connectivity index (χ3n) is 3.94. The van der Waals surface area contributed by atoms with Crippen LogP contribution in [0.3, 0.4) is 0 Å². The van der Waals surface area contributed by atoms with Gasteiger partial charge in [0.1, 0.15) is 11.5 Å². The minimum atomic E-state index is -0.400. The molecule has 24 heavy (non-hydrogen) atoms. The van der Waals surface area contributed by atoms with Crippen molar-refractivity contribution in [1.29, 1.82) is 0 Å². The van der Waals surface area contributed by atoms with E-state index in [4.69, 9.17) is 0 Å². The Kier molecular flexibility index (Phi) is 4.44. The van der Waals surface area contributed by atoms with Crippen LogP contribution in [0.1, 0.15) is 24.3 Å². The van der Waals surface area contributed by atoms with Crippen molar-refractivity contribution >= 4 is 5.91 Å². The van der Waals surface area contributed by atoms with Crippen LogP contribution in [-0.2, 0) is 0 Å². The minimum Gasteiger partial charge on any atom is -0.334 e. The van der Waals surface area contributed by atoms with E-state index in [-0.39, 0.29) is 29.2 Å². The average Bonchev–Trinajstić information content (AvgIpc) is 2.55. The molecule has 0 spiro atoms. The maximum atomic E-state index is 13.1. The molecule has 1 aromatic heterocycles. The van der Waals surface area contributed by atoms with E-state index in [9.17, 15) is 14.0 Å². The first kappa shape index (κ1) is 16.3. The molecule has 3 rings (SSSR count). The molecule has 2 heterocycles. The summed E-state index contributed by atoms with van der Waals surface area (Å²) in [6.45, 7) is 5.20. The summed E-state index contributed by atoms with van der Waals surface area (Å²) in [4.78, 5) is 26.5. The van der Waals surface area contributed by atoms with E-state index in [0.717, 1.165) is 4.68 Å². The lowest BCUT2D eigenvalue weighted by Crippen LogP contribution is -2.56. The number of hydrogen-bond donors (Lipinski definition) is 1. The first-order valence-corrected chi connectivity index (χ1v) is 7.85. The molecule has 1 aromatic carbocycles. The lowest BCUT2D eigenvalue weighted by Gasteiger charge is -2.35. The summed E-state index contributed by atoms with van der Waals surface area (Å²) < 4.78 is 14.2. The summed E-state index contributed by atoms with van der Waals surface area (Å²) in [6, 6.07) is 8.52. The van der Waals surface area contributed by atoms with Crippen LogP contribution in [0.2, 0.25) is 0 Å². The van der Waals surface area contributed by atoms with Gasteiger partial charge in [-0.25, -0.2) is 4.39 Å². The number of amides is 1. The van der Waals surface area contributed by atoms with Crippen molar-refractivity contribution in [2.45, 2.75) is 25.9 Å². The lowest BCUT2D eigenvalue weighted by molar-refractivity contribution is 0.0665. The van der Waals surface area contributed by atoms with E-state index in [1.54, 1.807) is 4.90 Å². The van der Waals surface area contributed by atoms with Crippen LogP contribution in [0.15, 0.2) is 41.2 Å². The Morgan fingerprint density at radius 3 is 2.38 bits per heavy atom. The molecule has 6 nitrogen and oxygen atoms in total. The van der Waals surface area contributed by atoms with Gasteiger partial charge in [-0.05, 0) is 44.2 Å². The first-order valence-electron chi connectivity index (χ1n) is 7.85. The molecule has 0 bridgehead atoms. The van der Waals surface area contributed by atoms with E-state index in [1.807, 2.05) is 13.8 Å². The van der Waals surface area contributed by atoms with Crippen molar-refractivity contribution in [2.24, 2.45) is 0 Å². The molecular formula is C17H19FN4O2. The third kappa shape index (κ3) is 3.35. The molecule has 1 fully saturated rings. The molecule has 0 radical (unpaired) electrons. The van der Waals surface area contributed by atoms with E-state index >= 15 is 0 Å². The Balaban J connectivity index is 1.92. The zero-order valence-electron chi connectivity index (χ0n) is 13.6. The van der Waals surface area contributed by atoms with Crippen LogP contribution < -0.4 is 10.9 Å². The molecule has 0 unspecified atom stereocenters. The fourth-order valence-corrected chi connectivity index (χ4v) is 2.95. The van der Waals surface area contributed by atoms with Crippen LogP contribution in [0.5, 0.6) is 0 Å². The van der Waals surface area contributed by atoms with Gasteiger partial charge in [0, 0.05) is 31.2 Å². The number of benzene rings is 1. The van der Waals surface area contributed by atoms with Gasteiger partial charge in [-0.1, -0.05) is 0 Å². The standard InChI is InChI=1S/C17H19FN4O2/c1-11-9-21(10-12(2)19-11)17(24)15-7-8-16(23)22(20-15)14-5-3-13(18)4-6-14/h3-8,11-12,19H,9-10H2,1-2H3/t11-,12-/m1/s1. The van der Waals surface area contributed by atoms with Gasteiger partial charge in [-0.2, -0.15) is 9.78 Å². The molecule has 1 aliphatic rings. The number of carbonyl (C=O) groups is 1. The molecule has 1 aliphatic heterocycles. The van der Waals surface area contributed by atoms with Gasteiger partial charge in [-0.15, -0.1) is 0 Å². The van der Waals surface area contributed by atoms with E-state index in [2.05, 4.69) is 10.4 Å². The highest BCUT2D eigenvalue weighted by atomic mass is 19.1. The number of rotatable bonds is 2. The van der Waals surface area contributed by atoms with Gasteiger partial charge in [-0.3, -0.25) is 9.59 Å². The monoisotopic (exact) mass is 330 g/mol. The largest absolute Gasteiger partial charge is 0.334 e. The molecule has 1 saturated heterocycles. The quantitative estimate of drug-likeness (QED) is 0.898. The summed E-state index contributed by atoms with van der Waals surface area (Å²) in [5.41, 5.74) is 0.235. The Morgan fingerprint density at radius 1 is 1.12 bits per heavy atom. The Hall–Kier alpha value is -2.54. The van der Waals surface area contributed by atoms with E-state index in [1.165, 1.54) is 36.4 Å². The van der Waals surface area contributed by atoms with Gasteiger partial charge in [0.05, 0.1) is 5.69 Å². The summed E-state index contributed by atoms with van der Waals surface area (Å²) in [6.07, 6.45) is 0. The number of carbonyl (C=O) groups excluding carboxylic acids is 1. The van der Waals surface area contributed by atoms with Gasteiger partial charge >= 0.3 is 0 Å². The SMILES string of the molecule is C[C@@H]1CN(C(=O)c2ccc(=O)n(-c3ccc(F)cc3)n2)C[C@@H](C)N1. The van der Waals surface area contributed by atoms with Crippen LogP contribution in [0.25, 0.3) is 5.69 Å². The highest BCUT2D eigenvalue weighted by Gasteiger charge is 2.26. The van der Waals surface area contributed by atoms with Crippen LogP contribution in [0, 0.1) is 5.82 Å². The van der Waals surface area contributed by atoms with E-state index < -0.39 is 5.82 Å². The number of piperazine rings is 1. The van der Waals surface area contributed by atoms with Crippen LogP contribution >= 0.6 is 0 Å². The topological polar surface area (TPSA) is 67.2 Å². The predicted octanol–water partition coefficient (Wildman–Crippen LogP) is 1.19. The second-order valence-electron chi connectivity index (χ2n) is 6.12. The van der Waals surface area contributed by atoms with Crippen molar-refractivity contribution in [3.8, 4) is 5.69 Å². The fourth-order valence-electron chi connectivity index (χ4n) is 2.95. The molecule has 0 saturated carbocycles. The number of aromatic nitrogens is 2. The highest BCUT2D eigenvalue weighted by molar-refractivity contribution is 5.92. The highest BCUT2D eigenvalue weighted by Crippen LogP contribution is 2.10. The Labute approximate surface area is 138 Å². The summed E-state index contributed by atoms with van der Waals surface area (Å²) in [7, 11) is 0. The smallest absolute Gasteiger partial charge is 0.274 e. The minimum absolute atomic E-state index is 0.195. The van der Waals surface area contributed by atoms with Gasteiger partial charge in [0.25, 0.3) is 11.5 Å². The average molecular weight is 330 g/mol. The molecule has 126 valence electrons. The second-order valence-corrected chi connectivity index (χ2v) is 6.12. The van der Waals surface area contributed by atoms with Crippen LogP contribution in [0.4, 0.5) is 4.39 Å². The number of halogens is 1. The summed E-state index contributed by atoms with van der Waals surface area (Å²) in [5, 5.41) is 7.53. The molecular weight excluding hydrogens is 311 g/mol. The molecule has 7 heteroatoms. The molecule has 1 amide bonds. The zero-order valence-corrected chi connectivity index (χ0v) is 13.6. The van der Waals surface area contributed by atoms with Crippen molar-refractivity contribution in [3.63, 3.8) is 0 Å². The molecule has 0 aliphatic carbocycles. The molecule has 1 N–H and O–H groups in total. The van der Waals surface area contributed by atoms with Crippen LogP contribution in [-0.4, -0.2) is 45.8 Å². The molecule has 2 aromatic rings. The summed E-state index contributed by atoms with van der Waals surface area (Å²) >= 11 is 0. The van der Waals surface area contributed by atoms with Crippen molar-refractivity contribution < 1.29 is 9.18 Å². The molecule has 2 atom stereocenters. The number of hydrogen-bond acceptors (Lipinski definition) is 4. The van der Waals surface area contributed by atoms with Gasteiger partial charge in [0.15, 0.2) is 0 Å². The van der Waals surface area contributed by atoms with Crippen molar-refractivity contribution in [2.75, 3.05) is 13.1 Å². The first-order chi connectivity index (χ1) is 11.4. The van der Waals surface area contributed by atoms with Gasteiger partial charge < -0.3 is 10.2 Å². The third-order valence-corrected chi connectivity index (χ3v) is 3.94. The number of nitrogens with one attached hydrogen (secondary N) is 1. The maximum Gasteiger partial charge on any atom is 0.274 e. The normalized spacial score (nSPS) is 20.9.